The fourth-order valence-corrected chi connectivity index (χ4v) is 2.09. The van der Waals surface area contributed by atoms with Gasteiger partial charge in [0.05, 0.1) is 0 Å². The predicted molar refractivity (Wildman–Crippen MR) is 28.1 cm³/mol. The number of hydrogen-bond donors (Lipinski definition) is 0. The van der Waals surface area contributed by atoms with Gasteiger partial charge in [0.25, 0.3) is 0 Å². The molecule has 0 heterocycles. The molecule has 6 heavy (non-hydrogen) atoms. The molecule has 0 aromatic carbocycles. The molecule has 34 valence electrons. The first kappa shape index (κ1) is 7.53. The van der Waals surface area contributed by atoms with Crippen LogP contribution >= 0.6 is 4.83 Å². The van der Waals surface area contributed by atoms with Crippen molar-refractivity contribution in [1.29, 1.82) is 0 Å². The normalized spacial score (nSPS) is 16.2. The molecule has 0 aliphatic carbocycles. The van der Waals surface area contributed by atoms with Gasteiger partial charge in [-0.15, -0.1) is 0 Å². The Hall–Kier alpha value is 1.53. The summed E-state index contributed by atoms with van der Waals surface area (Å²) in [4.78, 5) is 1.26. The van der Waals surface area contributed by atoms with E-state index in [4.69, 9.17) is 0 Å². The van der Waals surface area contributed by atoms with Crippen LogP contribution in [0.2, 0.25) is 0 Å². The van der Waals surface area contributed by atoms with E-state index >= 15 is 0 Å². The molecule has 0 amide bonds. The van der Waals surface area contributed by atoms with Gasteiger partial charge in [-0.05, 0) is 0 Å². The maximum absolute atomic E-state index is 2.32. The molecular formula is C4H10PY. The van der Waals surface area contributed by atoms with Crippen LogP contribution < -0.4 is 0 Å². The SMILES string of the molecule is CCC(C)[PH][Y]. The van der Waals surface area contributed by atoms with Crippen LogP contribution in [0, 0.1) is 0 Å². The summed E-state index contributed by atoms with van der Waals surface area (Å²) in [7, 11) is 0. The second-order valence-electron chi connectivity index (χ2n) is 1.48. The van der Waals surface area contributed by atoms with Crippen LogP contribution in [0.25, 0.3) is 0 Å². The molecule has 0 aliphatic heterocycles. The zero-order chi connectivity index (χ0) is 4.99. The minimum atomic E-state index is 1.02. The van der Waals surface area contributed by atoms with Crippen molar-refractivity contribution in [2.45, 2.75) is 25.9 Å². The molecule has 0 nitrogen and oxygen atoms in total. The zero-order valence-corrected chi connectivity index (χ0v) is 8.20. The molecule has 0 N–H and O–H groups in total. The van der Waals surface area contributed by atoms with E-state index in [0.29, 0.717) is 0 Å². The fourth-order valence-electron chi connectivity index (χ4n) is 0.118. The third-order valence-corrected chi connectivity index (χ3v) is 6.07. The van der Waals surface area contributed by atoms with E-state index in [9.17, 15) is 0 Å². The van der Waals surface area contributed by atoms with Gasteiger partial charge in [-0.3, -0.25) is 0 Å². The van der Waals surface area contributed by atoms with Gasteiger partial charge >= 0.3 is 61.0 Å². The maximum atomic E-state index is 2.32. The first-order valence-corrected chi connectivity index (χ1v) is 7.68. The standard InChI is InChI=1S/C4H10P.Y/c1-3-4(2)5;/h4-5H,3H2,1-2H3;/q-1;+1. The van der Waals surface area contributed by atoms with Crippen LogP contribution in [-0.4, -0.2) is 5.66 Å². The van der Waals surface area contributed by atoms with Crippen LogP contribution in [0.3, 0.4) is 0 Å². The molecule has 0 fully saturated rings. The molecule has 0 aromatic rings. The van der Waals surface area contributed by atoms with Gasteiger partial charge in [0, 0.05) is 0 Å². The van der Waals surface area contributed by atoms with E-state index in [1.54, 1.807) is 0 Å². The summed E-state index contributed by atoms with van der Waals surface area (Å²) in [6.07, 6.45) is 1.37. The minimum absolute atomic E-state index is 1.02. The Morgan fingerprint density at radius 1 is 1.83 bits per heavy atom. The van der Waals surface area contributed by atoms with Gasteiger partial charge in [-0.2, -0.15) is 0 Å². The molecule has 0 saturated heterocycles. The fraction of sp³-hybridized carbons (Fsp3) is 1.00. The van der Waals surface area contributed by atoms with Crippen molar-refractivity contribution in [2.24, 2.45) is 0 Å². The third kappa shape index (κ3) is 3.71. The van der Waals surface area contributed by atoms with E-state index in [2.05, 4.69) is 13.8 Å². The topological polar surface area (TPSA) is 0 Å². The Morgan fingerprint density at radius 2 is 2.33 bits per heavy atom. The van der Waals surface area contributed by atoms with Crippen molar-refractivity contribution in [3.8, 4) is 0 Å². The van der Waals surface area contributed by atoms with Gasteiger partial charge in [-0.25, -0.2) is 0 Å². The van der Waals surface area contributed by atoms with Crippen LogP contribution in [-0.2, 0) is 30.3 Å². The molecule has 0 radical (unpaired) electrons. The monoisotopic (exact) mass is 178 g/mol. The van der Waals surface area contributed by atoms with Crippen molar-refractivity contribution >= 4 is 4.83 Å². The molecule has 0 aliphatic rings. The molecule has 0 saturated carbocycles. The van der Waals surface area contributed by atoms with E-state index in [-0.39, 0.29) is 0 Å². The Morgan fingerprint density at radius 3 is 2.33 bits per heavy atom. The summed E-state index contributed by atoms with van der Waals surface area (Å²) < 4.78 is 0. The van der Waals surface area contributed by atoms with E-state index in [1.165, 1.54) is 41.5 Å². The molecule has 0 aromatic heterocycles. The summed E-state index contributed by atoms with van der Waals surface area (Å²) in [5, 5.41) is 0. The number of rotatable bonds is 2. The number of hydrogen-bond acceptors (Lipinski definition) is 0. The predicted octanol–water partition coefficient (Wildman–Crippen LogP) is 1.93. The van der Waals surface area contributed by atoms with Crippen LogP contribution in [0.4, 0.5) is 0 Å². The zero-order valence-electron chi connectivity index (χ0n) is 4.36. The molecule has 0 spiro atoms. The van der Waals surface area contributed by atoms with Gasteiger partial charge in [0.2, 0.25) is 0 Å². The Kier molecular flexibility index (Phi) is 5.89. The molecule has 2 heteroatoms. The molecule has 2 unspecified atom stereocenters. The third-order valence-electron chi connectivity index (χ3n) is 0.897. The van der Waals surface area contributed by atoms with Crippen molar-refractivity contribution in [2.75, 3.05) is 0 Å². The van der Waals surface area contributed by atoms with E-state index < -0.39 is 0 Å². The van der Waals surface area contributed by atoms with Gasteiger partial charge in [0.1, 0.15) is 0 Å². The van der Waals surface area contributed by atoms with Crippen molar-refractivity contribution in [3.05, 3.63) is 0 Å². The summed E-state index contributed by atoms with van der Waals surface area (Å²) in [5.74, 6) is 0. The van der Waals surface area contributed by atoms with Gasteiger partial charge in [-0.1, -0.05) is 0 Å². The first-order chi connectivity index (χ1) is 2.81. The Labute approximate surface area is 60.7 Å². The van der Waals surface area contributed by atoms with Crippen molar-refractivity contribution in [3.63, 3.8) is 0 Å². The Bertz CT molecular complexity index is 26.7. The van der Waals surface area contributed by atoms with Crippen molar-refractivity contribution in [1.82, 2.24) is 0 Å². The van der Waals surface area contributed by atoms with Crippen LogP contribution in [0.15, 0.2) is 0 Å². The second kappa shape index (κ2) is 4.69. The van der Waals surface area contributed by atoms with Crippen molar-refractivity contribution < 1.29 is 30.3 Å². The summed E-state index contributed by atoms with van der Waals surface area (Å²) in [6.45, 7) is 4.58. The summed E-state index contributed by atoms with van der Waals surface area (Å²) in [6, 6.07) is 0. The molecule has 2 atom stereocenters. The molecule has 0 bridgehead atoms. The molecular weight excluding hydrogens is 168 g/mol. The van der Waals surface area contributed by atoms with Crippen LogP contribution in [0.5, 0.6) is 0 Å². The Balaban J connectivity index is 2.75. The first-order valence-electron chi connectivity index (χ1n) is 2.27. The average Bonchev–Trinajstić information content (AvgIpc) is 1.65. The van der Waals surface area contributed by atoms with Gasteiger partial charge < -0.3 is 0 Å². The van der Waals surface area contributed by atoms with Crippen LogP contribution in [0.1, 0.15) is 20.3 Å². The molecule has 0 rings (SSSR count). The van der Waals surface area contributed by atoms with E-state index in [1.807, 2.05) is 0 Å². The summed E-state index contributed by atoms with van der Waals surface area (Å²) >= 11 is 1.46. The van der Waals surface area contributed by atoms with Gasteiger partial charge in [0.15, 0.2) is 0 Å². The van der Waals surface area contributed by atoms with E-state index in [0.717, 1.165) is 5.66 Å². The second-order valence-corrected chi connectivity index (χ2v) is 5.25. The summed E-state index contributed by atoms with van der Waals surface area (Å²) in [5.41, 5.74) is 1.02. The average molecular weight is 178 g/mol. The quantitative estimate of drug-likeness (QED) is 0.566.